The quantitative estimate of drug-likeness (QED) is 0.625. The van der Waals surface area contributed by atoms with E-state index in [1.165, 1.54) is 14.2 Å². The molecule has 1 saturated heterocycles. The highest BCUT2D eigenvalue weighted by molar-refractivity contribution is 6.47. The van der Waals surface area contributed by atoms with Crippen LogP contribution in [-0.2, 0) is 19.1 Å². The van der Waals surface area contributed by atoms with Crippen molar-refractivity contribution in [2.75, 3.05) is 14.2 Å². The average molecular weight is 350 g/mol. The number of rotatable bonds is 4. The standard InChI is InChI=1S/C20H18N2O4/c1-25-18(23)15-20(19(24)26-2)16(13-9-5-3-6-10-13)22(20)17(21-15)14-11-7-4-8-12-14/h3-12,16-17H,1-2H3/t16-,17+,20-,22?/m1/s1. The van der Waals surface area contributed by atoms with Gasteiger partial charge in [0.15, 0.2) is 11.3 Å². The summed E-state index contributed by atoms with van der Waals surface area (Å²) in [6, 6.07) is 18.8. The monoisotopic (exact) mass is 350 g/mol. The maximum absolute atomic E-state index is 12.8. The number of benzene rings is 2. The average Bonchev–Trinajstić information content (AvgIpc) is 3.27. The first-order valence-corrected chi connectivity index (χ1v) is 8.29. The summed E-state index contributed by atoms with van der Waals surface area (Å²) < 4.78 is 9.99. The molecule has 4 atom stereocenters. The van der Waals surface area contributed by atoms with Crippen LogP contribution in [-0.4, -0.2) is 42.3 Å². The SMILES string of the molecule is COC(=O)C1=N[C@H](c2ccccc2)N2[C@H](c3ccccc3)[C@@]12C(=O)OC. The third-order valence-electron chi connectivity index (χ3n) is 4.98. The van der Waals surface area contributed by atoms with Gasteiger partial charge in [0.05, 0.1) is 20.3 Å². The highest BCUT2D eigenvalue weighted by atomic mass is 16.5. The van der Waals surface area contributed by atoms with Crippen LogP contribution in [0.2, 0.25) is 0 Å². The Labute approximate surface area is 151 Å². The Morgan fingerprint density at radius 1 is 0.923 bits per heavy atom. The number of carbonyl (C=O) groups is 2. The Balaban J connectivity index is 1.87. The van der Waals surface area contributed by atoms with Gasteiger partial charge in [-0.1, -0.05) is 60.7 Å². The van der Waals surface area contributed by atoms with E-state index in [4.69, 9.17) is 9.47 Å². The van der Waals surface area contributed by atoms with E-state index in [0.29, 0.717) is 0 Å². The maximum Gasteiger partial charge on any atom is 0.354 e. The number of aliphatic imine (C=N–C) groups is 1. The van der Waals surface area contributed by atoms with Crippen molar-refractivity contribution in [2.45, 2.75) is 17.7 Å². The van der Waals surface area contributed by atoms with Crippen molar-refractivity contribution >= 4 is 17.7 Å². The maximum atomic E-state index is 12.8. The second-order valence-electron chi connectivity index (χ2n) is 6.23. The van der Waals surface area contributed by atoms with Gasteiger partial charge in [-0.05, 0) is 11.1 Å². The van der Waals surface area contributed by atoms with Gasteiger partial charge in [0, 0.05) is 0 Å². The fraction of sp³-hybridized carbons (Fsp3) is 0.250. The molecule has 2 aromatic rings. The van der Waals surface area contributed by atoms with Gasteiger partial charge in [-0.2, -0.15) is 0 Å². The minimum Gasteiger partial charge on any atom is -0.467 e. The zero-order valence-electron chi connectivity index (χ0n) is 14.5. The zero-order chi connectivity index (χ0) is 18.3. The molecule has 0 saturated carbocycles. The van der Waals surface area contributed by atoms with E-state index in [2.05, 4.69) is 4.99 Å². The summed E-state index contributed by atoms with van der Waals surface area (Å²) in [7, 11) is 2.61. The first-order valence-electron chi connectivity index (χ1n) is 8.29. The summed E-state index contributed by atoms with van der Waals surface area (Å²) in [5.74, 6) is -1.12. The van der Waals surface area contributed by atoms with Crippen LogP contribution in [0.15, 0.2) is 65.7 Å². The van der Waals surface area contributed by atoms with Crippen LogP contribution in [0.4, 0.5) is 0 Å². The highest BCUT2D eigenvalue weighted by Crippen LogP contribution is 2.63. The molecule has 6 heteroatoms. The van der Waals surface area contributed by atoms with Crippen LogP contribution in [0, 0.1) is 0 Å². The van der Waals surface area contributed by atoms with E-state index in [1.54, 1.807) is 0 Å². The number of nitrogens with zero attached hydrogens (tertiary/aromatic N) is 2. The number of hydrogen-bond acceptors (Lipinski definition) is 6. The number of ether oxygens (including phenoxy) is 2. The molecule has 0 N–H and O–H groups in total. The van der Waals surface area contributed by atoms with Crippen LogP contribution in [0.1, 0.15) is 23.3 Å². The summed E-state index contributed by atoms with van der Waals surface area (Å²) in [5, 5.41) is 0. The Morgan fingerprint density at radius 2 is 1.50 bits per heavy atom. The number of methoxy groups -OCH3 is 2. The van der Waals surface area contributed by atoms with E-state index in [9.17, 15) is 9.59 Å². The molecule has 0 aliphatic carbocycles. The predicted molar refractivity (Wildman–Crippen MR) is 94.4 cm³/mol. The summed E-state index contributed by atoms with van der Waals surface area (Å²) in [4.78, 5) is 31.7. The van der Waals surface area contributed by atoms with Crippen LogP contribution < -0.4 is 0 Å². The van der Waals surface area contributed by atoms with Gasteiger partial charge in [-0.25, -0.2) is 14.5 Å². The molecule has 0 aromatic heterocycles. The van der Waals surface area contributed by atoms with Crippen molar-refractivity contribution < 1.29 is 19.1 Å². The van der Waals surface area contributed by atoms with Gasteiger partial charge in [0.1, 0.15) is 6.17 Å². The molecule has 4 rings (SSSR count). The Bertz CT molecular complexity index is 881. The third kappa shape index (κ3) is 2.12. The van der Waals surface area contributed by atoms with Crippen LogP contribution >= 0.6 is 0 Å². The van der Waals surface area contributed by atoms with Crippen molar-refractivity contribution in [3.05, 3.63) is 71.8 Å². The molecule has 1 unspecified atom stereocenters. The molecule has 26 heavy (non-hydrogen) atoms. The van der Waals surface area contributed by atoms with Crippen LogP contribution in [0.25, 0.3) is 0 Å². The van der Waals surface area contributed by atoms with Crippen molar-refractivity contribution in [1.82, 2.24) is 4.90 Å². The Kier molecular flexibility index (Phi) is 3.85. The molecule has 2 heterocycles. The second-order valence-corrected chi connectivity index (χ2v) is 6.23. The molecule has 0 spiro atoms. The molecule has 0 amide bonds. The van der Waals surface area contributed by atoms with Crippen molar-refractivity contribution in [2.24, 2.45) is 4.99 Å². The lowest BCUT2D eigenvalue weighted by Gasteiger charge is -2.13. The third-order valence-corrected chi connectivity index (χ3v) is 4.98. The first-order chi connectivity index (χ1) is 12.7. The molecular formula is C20H18N2O4. The molecule has 2 aliphatic heterocycles. The van der Waals surface area contributed by atoms with E-state index in [-0.39, 0.29) is 11.8 Å². The van der Waals surface area contributed by atoms with Gasteiger partial charge in [0.2, 0.25) is 0 Å². The minimum atomic E-state index is -1.25. The molecule has 2 aliphatic rings. The molecule has 0 radical (unpaired) electrons. The lowest BCUT2D eigenvalue weighted by molar-refractivity contribution is -0.144. The number of fused-ring (bicyclic) bond motifs is 1. The Morgan fingerprint density at radius 3 is 2.04 bits per heavy atom. The van der Waals surface area contributed by atoms with E-state index < -0.39 is 23.6 Å². The lowest BCUT2D eigenvalue weighted by atomic mass is 9.94. The van der Waals surface area contributed by atoms with Gasteiger partial charge < -0.3 is 9.47 Å². The zero-order valence-corrected chi connectivity index (χ0v) is 14.5. The molecule has 132 valence electrons. The molecule has 2 aromatic carbocycles. The van der Waals surface area contributed by atoms with E-state index in [0.717, 1.165) is 11.1 Å². The lowest BCUT2D eigenvalue weighted by Crippen LogP contribution is -2.41. The fourth-order valence-electron chi connectivity index (χ4n) is 3.85. The van der Waals surface area contributed by atoms with Crippen molar-refractivity contribution in [3.63, 3.8) is 0 Å². The van der Waals surface area contributed by atoms with Gasteiger partial charge >= 0.3 is 11.9 Å². The normalized spacial score (nSPS) is 28.7. The van der Waals surface area contributed by atoms with Crippen LogP contribution in [0.5, 0.6) is 0 Å². The Hall–Kier alpha value is -2.99. The topological polar surface area (TPSA) is 68.0 Å². The molecular weight excluding hydrogens is 332 g/mol. The largest absolute Gasteiger partial charge is 0.467 e. The van der Waals surface area contributed by atoms with Gasteiger partial charge in [0.25, 0.3) is 0 Å². The van der Waals surface area contributed by atoms with Crippen molar-refractivity contribution in [3.8, 4) is 0 Å². The fourth-order valence-corrected chi connectivity index (χ4v) is 3.85. The summed E-state index contributed by atoms with van der Waals surface area (Å²) >= 11 is 0. The number of hydrogen-bond donors (Lipinski definition) is 0. The first kappa shape index (κ1) is 16.5. The smallest absolute Gasteiger partial charge is 0.354 e. The molecule has 6 nitrogen and oxygen atoms in total. The highest BCUT2D eigenvalue weighted by Gasteiger charge is 2.79. The minimum absolute atomic E-state index is 0.0922. The summed E-state index contributed by atoms with van der Waals surface area (Å²) in [5.41, 5.74) is 0.673. The summed E-state index contributed by atoms with van der Waals surface area (Å²) in [6.07, 6.45) is -0.449. The number of carbonyl (C=O) groups excluding carboxylic acids is 2. The van der Waals surface area contributed by atoms with Gasteiger partial charge in [-0.15, -0.1) is 0 Å². The van der Waals surface area contributed by atoms with E-state index in [1.807, 2.05) is 65.6 Å². The van der Waals surface area contributed by atoms with Crippen molar-refractivity contribution in [1.29, 1.82) is 0 Å². The van der Waals surface area contributed by atoms with Crippen LogP contribution in [0.3, 0.4) is 0 Å². The van der Waals surface area contributed by atoms with Gasteiger partial charge in [-0.3, -0.25) is 4.99 Å². The second kappa shape index (κ2) is 6.07. The summed E-state index contributed by atoms with van der Waals surface area (Å²) in [6.45, 7) is 0. The number of esters is 2. The molecule has 0 bridgehead atoms. The van der Waals surface area contributed by atoms with E-state index >= 15 is 0 Å². The molecule has 1 fully saturated rings. The predicted octanol–water partition coefficient (Wildman–Crippen LogP) is 2.28.